The lowest BCUT2D eigenvalue weighted by Gasteiger charge is -2.05. The molecular formula is C12H14O3. The highest BCUT2D eigenvalue weighted by molar-refractivity contribution is 5.83. The maximum absolute atomic E-state index is 11.6. The fourth-order valence-electron chi connectivity index (χ4n) is 1.65. The van der Waals surface area contributed by atoms with Gasteiger partial charge in [-0.15, -0.1) is 0 Å². The number of ether oxygens (including phenoxy) is 2. The standard InChI is InChI=1S/C12H14O3/c1-3-14-11(13)12(2)10(15-12)9-7-5-4-6-8-9/h4-8,10H,3H2,1-2H3/t10-,12-/m1/s1. The van der Waals surface area contributed by atoms with Crippen molar-refractivity contribution in [2.45, 2.75) is 25.6 Å². The largest absolute Gasteiger partial charge is 0.464 e. The molecule has 1 aliphatic rings. The Bertz CT molecular complexity index is 360. The first-order valence-electron chi connectivity index (χ1n) is 5.08. The van der Waals surface area contributed by atoms with Crippen molar-refractivity contribution in [1.82, 2.24) is 0 Å². The van der Waals surface area contributed by atoms with E-state index in [9.17, 15) is 4.79 Å². The molecule has 0 saturated carbocycles. The molecule has 0 spiro atoms. The highest BCUT2D eigenvalue weighted by atomic mass is 16.7. The van der Waals surface area contributed by atoms with Crippen molar-refractivity contribution in [1.29, 1.82) is 0 Å². The van der Waals surface area contributed by atoms with Crippen molar-refractivity contribution in [2.75, 3.05) is 6.61 Å². The number of carbonyl (C=O) groups is 1. The number of carbonyl (C=O) groups excluding carboxylic acids is 1. The van der Waals surface area contributed by atoms with E-state index in [1.165, 1.54) is 0 Å². The highest BCUT2D eigenvalue weighted by Crippen LogP contribution is 2.49. The number of benzene rings is 1. The van der Waals surface area contributed by atoms with Crippen LogP contribution in [0, 0.1) is 0 Å². The summed E-state index contributed by atoms with van der Waals surface area (Å²) in [6, 6.07) is 9.71. The fourth-order valence-corrected chi connectivity index (χ4v) is 1.65. The molecule has 3 heteroatoms. The Labute approximate surface area is 89.0 Å². The average Bonchev–Trinajstić information content (AvgIpc) is 2.94. The Morgan fingerprint density at radius 1 is 1.47 bits per heavy atom. The van der Waals surface area contributed by atoms with E-state index >= 15 is 0 Å². The third kappa shape index (κ3) is 1.75. The van der Waals surface area contributed by atoms with Gasteiger partial charge in [0.2, 0.25) is 0 Å². The molecule has 0 radical (unpaired) electrons. The van der Waals surface area contributed by atoms with Crippen LogP contribution in [-0.2, 0) is 14.3 Å². The van der Waals surface area contributed by atoms with Crippen molar-refractivity contribution in [3.8, 4) is 0 Å². The molecule has 0 N–H and O–H groups in total. The van der Waals surface area contributed by atoms with Crippen molar-refractivity contribution < 1.29 is 14.3 Å². The normalized spacial score (nSPS) is 28.5. The van der Waals surface area contributed by atoms with Crippen LogP contribution in [0.15, 0.2) is 30.3 Å². The second-order valence-electron chi connectivity index (χ2n) is 3.74. The molecule has 1 saturated heterocycles. The average molecular weight is 206 g/mol. The second kappa shape index (κ2) is 3.66. The monoisotopic (exact) mass is 206 g/mol. The highest BCUT2D eigenvalue weighted by Gasteiger charge is 2.60. The van der Waals surface area contributed by atoms with Crippen LogP contribution in [-0.4, -0.2) is 18.2 Å². The van der Waals surface area contributed by atoms with Gasteiger partial charge in [-0.25, -0.2) is 4.79 Å². The van der Waals surface area contributed by atoms with Crippen molar-refractivity contribution >= 4 is 5.97 Å². The van der Waals surface area contributed by atoms with Gasteiger partial charge in [0.25, 0.3) is 0 Å². The van der Waals surface area contributed by atoms with Crippen molar-refractivity contribution in [3.63, 3.8) is 0 Å². The Morgan fingerprint density at radius 3 is 2.73 bits per heavy atom. The molecule has 0 amide bonds. The maximum Gasteiger partial charge on any atom is 0.341 e. The summed E-state index contributed by atoms with van der Waals surface area (Å²) < 4.78 is 10.4. The van der Waals surface area contributed by atoms with E-state index in [4.69, 9.17) is 9.47 Å². The van der Waals surface area contributed by atoms with Crippen molar-refractivity contribution in [2.24, 2.45) is 0 Å². The van der Waals surface area contributed by atoms with Gasteiger partial charge < -0.3 is 9.47 Å². The lowest BCUT2D eigenvalue weighted by Crippen LogP contribution is -2.24. The van der Waals surface area contributed by atoms with E-state index in [2.05, 4.69) is 0 Å². The van der Waals surface area contributed by atoms with Crippen LogP contribution in [0.25, 0.3) is 0 Å². The predicted molar refractivity (Wildman–Crippen MR) is 55.3 cm³/mol. The van der Waals surface area contributed by atoms with Crippen LogP contribution >= 0.6 is 0 Å². The van der Waals surface area contributed by atoms with Crippen LogP contribution in [0.2, 0.25) is 0 Å². The Morgan fingerprint density at radius 2 is 2.13 bits per heavy atom. The Hall–Kier alpha value is -1.35. The molecule has 0 bridgehead atoms. The van der Waals surface area contributed by atoms with Gasteiger partial charge in [0, 0.05) is 0 Å². The van der Waals surface area contributed by atoms with Gasteiger partial charge in [0.1, 0.15) is 6.10 Å². The van der Waals surface area contributed by atoms with Gasteiger partial charge in [-0.05, 0) is 19.4 Å². The van der Waals surface area contributed by atoms with E-state index in [0.29, 0.717) is 6.61 Å². The first-order valence-corrected chi connectivity index (χ1v) is 5.08. The van der Waals surface area contributed by atoms with E-state index in [1.807, 2.05) is 30.3 Å². The number of hydrogen-bond donors (Lipinski definition) is 0. The van der Waals surface area contributed by atoms with E-state index in [1.54, 1.807) is 13.8 Å². The summed E-state index contributed by atoms with van der Waals surface area (Å²) in [6.07, 6.45) is -0.155. The number of epoxide rings is 1. The lowest BCUT2D eigenvalue weighted by molar-refractivity contribution is -0.148. The fraction of sp³-hybridized carbons (Fsp3) is 0.417. The van der Waals surface area contributed by atoms with Gasteiger partial charge >= 0.3 is 5.97 Å². The van der Waals surface area contributed by atoms with Gasteiger partial charge in [-0.3, -0.25) is 0 Å². The zero-order chi connectivity index (χ0) is 10.9. The molecule has 1 fully saturated rings. The van der Waals surface area contributed by atoms with E-state index in [0.717, 1.165) is 5.56 Å². The van der Waals surface area contributed by atoms with Crippen LogP contribution in [0.1, 0.15) is 25.5 Å². The molecule has 0 unspecified atom stereocenters. The Kier molecular flexibility index (Phi) is 2.49. The first-order chi connectivity index (χ1) is 7.18. The number of esters is 1. The molecule has 0 aromatic heterocycles. The molecule has 1 aromatic rings. The van der Waals surface area contributed by atoms with Crippen LogP contribution in [0.4, 0.5) is 0 Å². The minimum Gasteiger partial charge on any atom is -0.464 e. The van der Waals surface area contributed by atoms with Crippen molar-refractivity contribution in [3.05, 3.63) is 35.9 Å². The molecule has 15 heavy (non-hydrogen) atoms. The zero-order valence-electron chi connectivity index (χ0n) is 8.90. The molecular weight excluding hydrogens is 192 g/mol. The summed E-state index contributed by atoms with van der Waals surface area (Å²) >= 11 is 0. The van der Waals surface area contributed by atoms with Gasteiger partial charge in [0.05, 0.1) is 6.61 Å². The third-order valence-corrected chi connectivity index (χ3v) is 2.59. The summed E-state index contributed by atoms with van der Waals surface area (Å²) in [4.78, 5) is 11.6. The number of hydrogen-bond acceptors (Lipinski definition) is 3. The maximum atomic E-state index is 11.6. The van der Waals surface area contributed by atoms with Gasteiger partial charge in [-0.2, -0.15) is 0 Å². The SMILES string of the molecule is CCOC(=O)[C@]1(C)O[C@@H]1c1ccccc1. The lowest BCUT2D eigenvalue weighted by atomic mass is 10.0. The molecule has 1 aliphatic heterocycles. The molecule has 0 aliphatic carbocycles. The topological polar surface area (TPSA) is 38.8 Å². The molecule has 80 valence electrons. The van der Waals surface area contributed by atoms with Crippen LogP contribution < -0.4 is 0 Å². The third-order valence-electron chi connectivity index (χ3n) is 2.59. The molecule has 3 nitrogen and oxygen atoms in total. The summed E-state index contributed by atoms with van der Waals surface area (Å²) in [7, 11) is 0. The van der Waals surface area contributed by atoms with Crippen LogP contribution in [0.5, 0.6) is 0 Å². The Balaban J connectivity index is 2.09. The summed E-state index contributed by atoms with van der Waals surface area (Å²) in [5.41, 5.74) is 0.241. The molecule has 2 rings (SSSR count). The minimum absolute atomic E-state index is 0.155. The first kappa shape index (κ1) is 10.2. The smallest absolute Gasteiger partial charge is 0.341 e. The predicted octanol–water partition coefficient (Wildman–Crippen LogP) is 2.08. The van der Waals surface area contributed by atoms with E-state index < -0.39 is 5.60 Å². The van der Waals surface area contributed by atoms with E-state index in [-0.39, 0.29) is 12.1 Å². The molecule has 1 heterocycles. The second-order valence-corrected chi connectivity index (χ2v) is 3.74. The summed E-state index contributed by atoms with van der Waals surface area (Å²) in [5, 5.41) is 0. The zero-order valence-corrected chi connectivity index (χ0v) is 8.90. The molecule has 1 aromatic carbocycles. The van der Waals surface area contributed by atoms with Crippen LogP contribution in [0.3, 0.4) is 0 Å². The molecule has 2 atom stereocenters. The van der Waals surface area contributed by atoms with Gasteiger partial charge in [0.15, 0.2) is 5.60 Å². The summed E-state index contributed by atoms with van der Waals surface area (Å²) in [5.74, 6) is -0.279. The summed E-state index contributed by atoms with van der Waals surface area (Å²) in [6.45, 7) is 3.95. The van der Waals surface area contributed by atoms with Gasteiger partial charge in [-0.1, -0.05) is 30.3 Å². The quantitative estimate of drug-likeness (QED) is 0.561. The minimum atomic E-state index is -0.780. The number of rotatable bonds is 3.